The number of carboxylic acids is 1. The number of allylic oxidation sites excluding steroid dienone is 1. The second-order valence-electron chi connectivity index (χ2n) is 4.34. The molecule has 1 N–H and O–H groups in total. The fourth-order valence-electron chi connectivity index (χ4n) is 1.90. The minimum Gasteiger partial charge on any atom is -0.481 e. The molecular weight excluding hydrogens is 264 g/mol. The van der Waals surface area contributed by atoms with Crippen LogP contribution in [0.2, 0.25) is 0 Å². The molecule has 0 radical (unpaired) electrons. The summed E-state index contributed by atoms with van der Waals surface area (Å²) >= 11 is 0. The molecule has 0 aromatic carbocycles. The van der Waals surface area contributed by atoms with Crippen LogP contribution in [0.25, 0.3) is 0 Å². The number of esters is 2. The largest absolute Gasteiger partial charge is 0.481 e. The first-order valence-electron chi connectivity index (χ1n) is 6.45. The Balaban J connectivity index is 2.34. The summed E-state index contributed by atoms with van der Waals surface area (Å²) in [5.41, 5.74) is 0.215. The molecule has 0 saturated carbocycles. The van der Waals surface area contributed by atoms with Crippen LogP contribution in [-0.4, -0.2) is 36.2 Å². The summed E-state index contributed by atoms with van der Waals surface area (Å²) in [5, 5.41) is 9.04. The number of aliphatic carboxylic acids is 1. The number of ether oxygens (including phenoxy) is 2. The van der Waals surface area contributed by atoms with Gasteiger partial charge in [0.1, 0.15) is 0 Å². The SMILES string of the molecule is C=CC(=O)OCCCOC(=O)C1=CCCCC1C(=O)O. The molecule has 1 aliphatic rings. The van der Waals surface area contributed by atoms with Crippen LogP contribution in [0.1, 0.15) is 25.7 Å². The van der Waals surface area contributed by atoms with E-state index in [1.165, 1.54) is 0 Å². The third kappa shape index (κ3) is 4.87. The molecule has 1 aliphatic carbocycles. The maximum absolute atomic E-state index is 11.8. The van der Waals surface area contributed by atoms with Crippen LogP contribution in [-0.2, 0) is 23.9 Å². The molecule has 0 aromatic heterocycles. The molecule has 0 saturated heterocycles. The van der Waals surface area contributed by atoms with Gasteiger partial charge in [0.2, 0.25) is 0 Å². The van der Waals surface area contributed by atoms with Gasteiger partial charge in [-0.3, -0.25) is 4.79 Å². The third-order valence-corrected chi connectivity index (χ3v) is 2.90. The topological polar surface area (TPSA) is 89.9 Å². The number of carbonyl (C=O) groups is 3. The Kier molecular flexibility index (Phi) is 6.49. The zero-order valence-corrected chi connectivity index (χ0v) is 11.2. The van der Waals surface area contributed by atoms with Crippen molar-refractivity contribution in [3.8, 4) is 0 Å². The van der Waals surface area contributed by atoms with E-state index in [0.717, 1.165) is 12.5 Å². The Hall–Kier alpha value is -2.11. The van der Waals surface area contributed by atoms with E-state index in [4.69, 9.17) is 14.6 Å². The monoisotopic (exact) mass is 282 g/mol. The van der Waals surface area contributed by atoms with E-state index in [9.17, 15) is 14.4 Å². The zero-order valence-electron chi connectivity index (χ0n) is 11.2. The Morgan fingerprint density at radius 3 is 2.70 bits per heavy atom. The van der Waals surface area contributed by atoms with Gasteiger partial charge in [-0.2, -0.15) is 0 Å². The lowest BCUT2D eigenvalue weighted by Gasteiger charge is -2.19. The number of hydrogen-bond donors (Lipinski definition) is 1. The molecule has 0 amide bonds. The number of hydrogen-bond acceptors (Lipinski definition) is 5. The first-order valence-corrected chi connectivity index (χ1v) is 6.45. The second-order valence-corrected chi connectivity index (χ2v) is 4.34. The van der Waals surface area contributed by atoms with Gasteiger partial charge in [-0.05, 0) is 19.3 Å². The Morgan fingerprint density at radius 1 is 1.35 bits per heavy atom. The highest BCUT2D eigenvalue weighted by molar-refractivity contribution is 5.95. The van der Waals surface area contributed by atoms with Crippen LogP contribution in [0.4, 0.5) is 0 Å². The molecule has 0 fully saturated rings. The van der Waals surface area contributed by atoms with Crippen LogP contribution >= 0.6 is 0 Å². The van der Waals surface area contributed by atoms with Gasteiger partial charge < -0.3 is 14.6 Å². The lowest BCUT2D eigenvalue weighted by molar-refractivity contribution is -0.147. The smallest absolute Gasteiger partial charge is 0.334 e. The van der Waals surface area contributed by atoms with Crippen molar-refractivity contribution in [2.45, 2.75) is 25.7 Å². The van der Waals surface area contributed by atoms with Gasteiger partial charge in [-0.25, -0.2) is 9.59 Å². The third-order valence-electron chi connectivity index (χ3n) is 2.90. The van der Waals surface area contributed by atoms with Crippen molar-refractivity contribution in [2.24, 2.45) is 5.92 Å². The zero-order chi connectivity index (χ0) is 15.0. The molecule has 1 rings (SSSR count). The molecular formula is C14H18O6. The van der Waals surface area contributed by atoms with Gasteiger partial charge in [-0.15, -0.1) is 0 Å². The van der Waals surface area contributed by atoms with Gasteiger partial charge >= 0.3 is 17.9 Å². The normalized spacial score (nSPS) is 17.8. The number of carbonyl (C=O) groups excluding carboxylic acids is 2. The van der Waals surface area contributed by atoms with Crippen LogP contribution in [0.15, 0.2) is 24.3 Å². The molecule has 0 bridgehead atoms. The highest BCUT2D eigenvalue weighted by Gasteiger charge is 2.30. The first kappa shape index (κ1) is 15.9. The van der Waals surface area contributed by atoms with Crippen LogP contribution in [0, 0.1) is 5.92 Å². The van der Waals surface area contributed by atoms with Gasteiger partial charge in [0.15, 0.2) is 0 Å². The van der Waals surface area contributed by atoms with Crippen LogP contribution in [0.3, 0.4) is 0 Å². The number of rotatable bonds is 7. The van der Waals surface area contributed by atoms with E-state index < -0.39 is 23.8 Å². The standard InChI is InChI=1S/C14H18O6/c1-2-12(15)19-8-5-9-20-14(18)11-7-4-3-6-10(11)13(16)17/h2,7,10H,1,3-6,8-9H2,(H,16,17). The Labute approximate surface area is 117 Å². The van der Waals surface area contributed by atoms with Crippen LogP contribution < -0.4 is 0 Å². The highest BCUT2D eigenvalue weighted by atomic mass is 16.5. The fraction of sp³-hybridized carbons (Fsp3) is 0.500. The van der Waals surface area contributed by atoms with Crippen molar-refractivity contribution >= 4 is 17.9 Å². The molecule has 0 aliphatic heterocycles. The van der Waals surface area contributed by atoms with Crippen molar-refractivity contribution in [3.63, 3.8) is 0 Å². The van der Waals surface area contributed by atoms with E-state index >= 15 is 0 Å². The quantitative estimate of drug-likeness (QED) is 0.432. The average molecular weight is 282 g/mol. The maximum atomic E-state index is 11.8. The summed E-state index contributed by atoms with van der Waals surface area (Å²) in [6, 6.07) is 0. The summed E-state index contributed by atoms with van der Waals surface area (Å²) in [4.78, 5) is 33.6. The Bertz CT molecular complexity index is 423. The lowest BCUT2D eigenvalue weighted by Crippen LogP contribution is -2.25. The Morgan fingerprint density at radius 2 is 2.05 bits per heavy atom. The van der Waals surface area contributed by atoms with Gasteiger partial charge in [0, 0.05) is 18.1 Å². The minimum absolute atomic E-state index is 0.0763. The average Bonchev–Trinajstić information content (AvgIpc) is 2.46. The maximum Gasteiger partial charge on any atom is 0.334 e. The van der Waals surface area contributed by atoms with Gasteiger partial charge in [0.25, 0.3) is 0 Å². The molecule has 0 heterocycles. The van der Waals surface area contributed by atoms with Crippen LogP contribution in [0.5, 0.6) is 0 Å². The van der Waals surface area contributed by atoms with E-state index in [1.54, 1.807) is 6.08 Å². The van der Waals surface area contributed by atoms with Crippen molar-refractivity contribution in [1.29, 1.82) is 0 Å². The fourth-order valence-corrected chi connectivity index (χ4v) is 1.90. The van der Waals surface area contributed by atoms with Gasteiger partial charge in [-0.1, -0.05) is 12.7 Å². The van der Waals surface area contributed by atoms with E-state index in [0.29, 0.717) is 19.3 Å². The van der Waals surface area contributed by atoms with Gasteiger partial charge in [0.05, 0.1) is 19.1 Å². The summed E-state index contributed by atoms with van der Waals surface area (Å²) in [6.45, 7) is 3.45. The van der Waals surface area contributed by atoms with E-state index in [2.05, 4.69) is 6.58 Å². The van der Waals surface area contributed by atoms with Crippen molar-refractivity contribution in [2.75, 3.05) is 13.2 Å². The summed E-state index contributed by atoms with van der Waals surface area (Å²) in [5.74, 6) is -2.92. The number of carboxylic acid groups (broad SMARTS) is 1. The first-order chi connectivity index (χ1) is 9.56. The summed E-state index contributed by atoms with van der Waals surface area (Å²) in [7, 11) is 0. The summed E-state index contributed by atoms with van der Waals surface area (Å²) in [6.07, 6.45) is 4.93. The lowest BCUT2D eigenvalue weighted by atomic mass is 9.88. The highest BCUT2D eigenvalue weighted by Crippen LogP contribution is 2.26. The van der Waals surface area contributed by atoms with Crippen molar-refractivity contribution < 1.29 is 29.0 Å². The molecule has 0 aromatic rings. The predicted molar refractivity (Wildman–Crippen MR) is 69.8 cm³/mol. The molecule has 20 heavy (non-hydrogen) atoms. The minimum atomic E-state index is -1.01. The molecule has 0 spiro atoms. The second kappa shape index (κ2) is 8.14. The summed E-state index contributed by atoms with van der Waals surface area (Å²) < 4.78 is 9.71. The molecule has 6 nitrogen and oxygen atoms in total. The van der Waals surface area contributed by atoms with E-state index in [-0.39, 0.29) is 18.8 Å². The molecule has 1 unspecified atom stereocenters. The molecule has 6 heteroatoms. The molecule has 110 valence electrons. The van der Waals surface area contributed by atoms with E-state index in [1.807, 2.05) is 0 Å². The predicted octanol–water partition coefficient (Wildman–Crippen LogP) is 1.46. The molecule has 1 atom stereocenters. The van der Waals surface area contributed by atoms with Crippen molar-refractivity contribution in [1.82, 2.24) is 0 Å². The van der Waals surface area contributed by atoms with Crippen molar-refractivity contribution in [3.05, 3.63) is 24.3 Å².